The van der Waals surface area contributed by atoms with Gasteiger partial charge in [0.05, 0.1) is 24.0 Å². The highest BCUT2D eigenvalue weighted by Gasteiger charge is 2.28. The number of piperidine rings is 2. The van der Waals surface area contributed by atoms with Crippen LogP contribution in [0.3, 0.4) is 0 Å². The standard InChI is InChI=1S/C29H43N3O4S.C15H25N3.C13H19NO5S.ClH/c1-22-19-28(36-6)20-23(2)29(22)37(34,35)31(5)16-14-27(33)21-25-7-9-26(10-8-25)32-17-12-24(13-18-32)11-15-30(3)4;1-17(2)10-7-13-8-11-18(12-9-13)15-5-3-14(16)4-6-15;1-10-7-12(18-4)8-11(2)13(10)20(16,17)14(3)5-6-19-9-15;/h7-10,19-20,24H,11-18,21H2,1-6H3;3-6,13H,7-12,16H2,1-2H3;7-9H,5-6H2,1-4H3;1H. The Morgan fingerprint density at radius 3 is 1.33 bits per heavy atom. The van der Waals surface area contributed by atoms with Crippen LogP contribution in [0.5, 0.6) is 11.5 Å². The Hall–Kier alpha value is -4.95. The Kier molecular flexibility index (Phi) is 27.0. The van der Waals surface area contributed by atoms with E-state index >= 15 is 0 Å². The van der Waals surface area contributed by atoms with Gasteiger partial charge in [0, 0.05) is 83.3 Å². The Morgan fingerprint density at radius 2 is 0.974 bits per heavy atom. The summed E-state index contributed by atoms with van der Waals surface area (Å²) in [5, 5.41) is 0. The summed E-state index contributed by atoms with van der Waals surface area (Å²) < 4.78 is 68.7. The second kappa shape index (κ2) is 31.5. The topological polar surface area (TPSA) is 176 Å². The Bertz CT molecular complexity index is 2590. The number of ketones is 1. The number of benzene rings is 4. The lowest BCUT2D eigenvalue weighted by atomic mass is 9.93. The van der Waals surface area contributed by atoms with Crippen LogP contribution in [0.4, 0.5) is 17.1 Å². The first-order chi connectivity index (χ1) is 35.5. The van der Waals surface area contributed by atoms with Gasteiger partial charge < -0.3 is 39.5 Å². The van der Waals surface area contributed by atoms with Crippen molar-refractivity contribution in [2.24, 2.45) is 11.8 Å². The smallest absolute Gasteiger partial charge is 0.293 e. The van der Waals surface area contributed by atoms with Crippen LogP contribution in [0.1, 0.15) is 72.8 Å². The van der Waals surface area contributed by atoms with Crippen molar-refractivity contribution >= 4 is 61.8 Å². The molecule has 2 saturated heterocycles. The number of carbonyl (C=O) groups excluding carboxylic acids is 2. The lowest BCUT2D eigenvalue weighted by Crippen LogP contribution is -2.34. The van der Waals surface area contributed by atoms with E-state index in [1.165, 1.54) is 95.0 Å². The number of hydrogen-bond acceptors (Lipinski definition) is 14. The number of nitrogens with two attached hydrogens (primary N) is 1. The number of nitrogen functional groups attached to an aromatic ring is 1. The Morgan fingerprint density at radius 1 is 0.605 bits per heavy atom. The van der Waals surface area contributed by atoms with Gasteiger partial charge >= 0.3 is 0 Å². The monoisotopic (exact) mass is 1110 g/mol. The van der Waals surface area contributed by atoms with E-state index in [1.807, 2.05) is 24.3 Å². The predicted molar refractivity (Wildman–Crippen MR) is 311 cm³/mol. The second-order valence-electron chi connectivity index (χ2n) is 20.6. The first-order valence-electron chi connectivity index (χ1n) is 26.0. The quantitative estimate of drug-likeness (QED) is 0.0427. The van der Waals surface area contributed by atoms with Crippen molar-refractivity contribution in [3.8, 4) is 11.5 Å². The van der Waals surface area contributed by atoms with Gasteiger partial charge in [-0.15, -0.1) is 12.4 Å². The van der Waals surface area contributed by atoms with E-state index in [-0.39, 0.29) is 54.1 Å². The van der Waals surface area contributed by atoms with Gasteiger partial charge in [-0.2, -0.15) is 4.31 Å². The molecule has 6 rings (SSSR count). The fraction of sp³-hybridized carbons (Fsp3) is 0.544. The molecule has 0 spiro atoms. The molecule has 0 unspecified atom stereocenters. The number of Topliss-reactive ketones (excluding diaryl/α,β-unsaturated/α-hetero) is 1. The van der Waals surface area contributed by atoms with Crippen LogP contribution in [0.2, 0.25) is 0 Å². The van der Waals surface area contributed by atoms with Gasteiger partial charge in [0.2, 0.25) is 20.0 Å². The van der Waals surface area contributed by atoms with Crippen LogP contribution < -0.4 is 25.0 Å². The number of methoxy groups -OCH3 is 2. The average Bonchev–Trinajstić information content (AvgIpc) is 3.37. The molecule has 76 heavy (non-hydrogen) atoms. The van der Waals surface area contributed by atoms with Crippen molar-refractivity contribution in [3.63, 3.8) is 0 Å². The van der Waals surface area contributed by atoms with E-state index in [4.69, 9.17) is 15.2 Å². The van der Waals surface area contributed by atoms with Gasteiger partial charge in [-0.05, 0) is 208 Å². The molecule has 4 aromatic carbocycles. The number of hydrogen-bond donors (Lipinski definition) is 1. The molecule has 0 radical (unpaired) electrons. The first kappa shape index (κ1) is 65.3. The summed E-state index contributed by atoms with van der Waals surface area (Å²) in [6, 6.07) is 23.3. The van der Waals surface area contributed by atoms with Crippen LogP contribution >= 0.6 is 12.4 Å². The average molecular weight is 1110 g/mol. The molecule has 4 aromatic rings. The second-order valence-corrected chi connectivity index (χ2v) is 24.5. The first-order valence-corrected chi connectivity index (χ1v) is 28.9. The third kappa shape index (κ3) is 19.8. The third-order valence-electron chi connectivity index (χ3n) is 14.1. The Labute approximate surface area is 462 Å². The highest BCUT2D eigenvalue weighted by Crippen LogP contribution is 2.31. The SMILES string of the molecule is CN(C)CCC1CCN(c2ccc(N)cc2)CC1.COc1cc(C)c(S(=O)(=O)N(C)CCC(=O)Cc2ccc(N3CCC(CCN(C)C)CC3)cc2)c(C)c1.COc1cc(C)c(S(=O)(=O)N(C)CCOC=O)c(C)c1.Cl. The molecule has 2 aliphatic rings. The van der Waals surface area contributed by atoms with Crippen molar-refractivity contribution in [1.29, 1.82) is 0 Å². The number of carbonyl (C=O) groups is 2. The molecule has 0 aromatic heterocycles. The zero-order valence-electron chi connectivity index (χ0n) is 47.3. The van der Waals surface area contributed by atoms with Gasteiger partial charge in [0.25, 0.3) is 6.47 Å². The van der Waals surface area contributed by atoms with E-state index in [0.717, 1.165) is 47.0 Å². The zero-order chi connectivity index (χ0) is 55.5. The van der Waals surface area contributed by atoms with Crippen molar-refractivity contribution in [2.75, 3.05) is 131 Å². The van der Waals surface area contributed by atoms with E-state index in [0.29, 0.717) is 46.6 Å². The van der Waals surface area contributed by atoms with Crippen LogP contribution in [0.25, 0.3) is 0 Å². The van der Waals surface area contributed by atoms with Gasteiger partial charge in [-0.25, -0.2) is 21.1 Å². The normalized spacial score (nSPS) is 14.4. The lowest BCUT2D eigenvalue weighted by molar-refractivity contribution is -0.128. The number of halogens is 1. The third-order valence-corrected chi connectivity index (χ3v) is 18.5. The van der Waals surface area contributed by atoms with Crippen LogP contribution in [0, 0.1) is 39.5 Å². The summed E-state index contributed by atoms with van der Waals surface area (Å²) >= 11 is 0. The number of nitrogens with zero attached hydrogens (tertiary/aromatic N) is 6. The molecule has 2 aliphatic heterocycles. The number of ether oxygens (including phenoxy) is 3. The van der Waals surface area contributed by atoms with Crippen LogP contribution in [0.15, 0.2) is 82.6 Å². The highest BCUT2D eigenvalue weighted by molar-refractivity contribution is 7.89. The van der Waals surface area contributed by atoms with Crippen molar-refractivity contribution in [3.05, 3.63) is 101 Å². The summed E-state index contributed by atoms with van der Waals surface area (Å²) in [6.07, 6.45) is 8.16. The number of sulfonamides is 2. The van der Waals surface area contributed by atoms with Crippen LogP contribution in [-0.2, 0) is 40.8 Å². The maximum Gasteiger partial charge on any atom is 0.293 e. The largest absolute Gasteiger partial charge is 0.497 e. The lowest BCUT2D eigenvalue weighted by Gasteiger charge is -2.34. The molecule has 2 heterocycles. The number of anilines is 3. The van der Waals surface area contributed by atoms with E-state index in [9.17, 15) is 26.4 Å². The summed E-state index contributed by atoms with van der Waals surface area (Å²) in [5.41, 5.74) is 12.5. The summed E-state index contributed by atoms with van der Waals surface area (Å²) in [6.45, 7) is 14.4. The fourth-order valence-electron chi connectivity index (χ4n) is 9.60. The number of rotatable bonds is 23. The minimum atomic E-state index is -3.71. The van der Waals surface area contributed by atoms with Gasteiger partial charge in [0.15, 0.2) is 0 Å². The summed E-state index contributed by atoms with van der Waals surface area (Å²) in [5.74, 6) is 2.97. The highest BCUT2D eigenvalue weighted by atomic mass is 35.5. The summed E-state index contributed by atoms with van der Waals surface area (Å²) in [7, 11) is 7.32. The van der Waals surface area contributed by atoms with Gasteiger partial charge in [0.1, 0.15) is 23.9 Å². The molecule has 19 heteroatoms. The molecule has 0 atom stereocenters. The number of aryl methyl sites for hydroxylation is 4. The maximum atomic E-state index is 13.2. The van der Waals surface area contributed by atoms with Gasteiger partial charge in [-0.3, -0.25) is 9.59 Å². The summed E-state index contributed by atoms with van der Waals surface area (Å²) in [4.78, 5) is 32.7. The molecule has 0 aliphatic carbocycles. The number of likely N-dealkylation sites (N-methyl/N-ethyl adjacent to an activating group) is 1. The molecule has 424 valence electrons. The molecule has 0 saturated carbocycles. The molecule has 2 N–H and O–H groups in total. The predicted octanol–water partition coefficient (Wildman–Crippen LogP) is 8.27. The van der Waals surface area contributed by atoms with Gasteiger partial charge in [-0.1, -0.05) is 12.1 Å². The minimum absolute atomic E-state index is 0. The fourth-order valence-corrected chi connectivity index (χ4v) is 12.7. The molecule has 16 nitrogen and oxygen atoms in total. The Balaban J connectivity index is 0.000000329. The molecular weight excluding hydrogens is 1030 g/mol. The molecule has 0 amide bonds. The van der Waals surface area contributed by atoms with Crippen molar-refractivity contribution in [1.82, 2.24) is 18.4 Å². The molecular formula is C57H88ClN7O9S2. The molecule has 0 bridgehead atoms. The van der Waals surface area contributed by atoms with E-state index in [2.05, 4.69) is 76.8 Å². The van der Waals surface area contributed by atoms with E-state index in [1.54, 1.807) is 59.1 Å². The maximum absolute atomic E-state index is 13.2. The van der Waals surface area contributed by atoms with Crippen molar-refractivity contribution < 1.29 is 40.6 Å². The van der Waals surface area contributed by atoms with E-state index < -0.39 is 20.0 Å². The van der Waals surface area contributed by atoms with Crippen molar-refractivity contribution in [2.45, 2.75) is 88.9 Å². The zero-order valence-corrected chi connectivity index (χ0v) is 49.8. The minimum Gasteiger partial charge on any atom is -0.497 e. The molecule has 2 fully saturated rings. The van der Waals surface area contributed by atoms with Crippen LogP contribution in [-0.4, -0.2) is 163 Å².